The molecule has 0 aliphatic carbocycles. The van der Waals surface area contributed by atoms with Crippen LogP contribution in [0, 0.1) is 6.92 Å². The molecule has 122 valence electrons. The van der Waals surface area contributed by atoms with Gasteiger partial charge in [-0.2, -0.15) is 0 Å². The molecule has 0 aromatic heterocycles. The van der Waals surface area contributed by atoms with Crippen LogP contribution < -0.4 is 15.4 Å². The van der Waals surface area contributed by atoms with Crippen molar-refractivity contribution in [3.63, 3.8) is 0 Å². The molecule has 2 aliphatic heterocycles. The Balaban J connectivity index is 0.00000176. The molecule has 2 heterocycles. The van der Waals surface area contributed by atoms with Gasteiger partial charge in [-0.3, -0.25) is 4.79 Å². The molecule has 6 heteroatoms. The summed E-state index contributed by atoms with van der Waals surface area (Å²) in [6.45, 7) is 1.97. The monoisotopic (exact) mass is 344 g/mol. The summed E-state index contributed by atoms with van der Waals surface area (Å²) in [5.74, 6) is 0.631. The molecule has 0 radical (unpaired) electrons. The van der Waals surface area contributed by atoms with E-state index in [4.69, 9.17) is 16.3 Å². The van der Waals surface area contributed by atoms with Crippen molar-refractivity contribution in [1.29, 1.82) is 0 Å². The first-order valence-electron chi connectivity index (χ1n) is 7.54. The maximum absolute atomic E-state index is 12.0. The molecule has 2 bridgehead atoms. The molecule has 0 saturated carbocycles. The molecule has 2 aliphatic rings. The lowest BCUT2D eigenvalue weighted by molar-refractivity contribution is -0.124. The molecular weight excluding hydrogens is 323 g/mol. The summed E-state index contributed by atoms with van der Waals surface area (Å²) in [6, 6.07) is 6.86. The zero-order valence-electron chi connectivity index (χ0n) is 12.6. The average Bonchev–Trinajstić information content (AvgIpc) is 2.79. The van der Waals surface area contributed by atoms with E-state index < -0.39 is 0 Å². The van der Waals surface area contributed by atoms with E-state index in [1.54, 1.807) is 12.1 Å². The van der Waals surface area contributed by atoms with E-state index in [9.17, 15) is 4.79 Å². The van der Waals surface area contributed by atoms with Gasteiger partial charge >= 0.3 is 0 Å². The Morgan fingerprint density at radius 1 is 1.36 bits per heavy atom. The fourth-order valence-corrected chi connectivity index (χ4v) is 3.42. The lowest BCUT2D eigenvalue weighted by Gasteiger charge is -2.29. The van der Waals surface area contributed by atoms with E-state index in [1.807, 2.05) is 13.0 Å². The van der Waals surface area contributed by atoms with Gasteiger partial charge in [-0.15, -0.1) is 12.4 Å². The minimum absolute atomic E-state index is 0. The van der Waals surface area contributed by atoms with Crippen LogP contribution in [0.1, 0.15) is 31.2 Å². The van der Waals surface area contributed by atoms with Crippen molar-refractivity contribution < 1.29 is 9.53 Å². The molecule has 1 aromatic rings. The molecular formula is C16H22Cl2N2O2. The van der Waals surface area contributed by atoms with E-state index in [2.05, 4.69) is 10.6 Å². The summed E-state index contributed by atoms with van der Waals surface area (Å²) < 4.78 is 5.53. The normalized spacial score (nSPS) is 26.2. The lowest BCUT2D eigenvalue weighted by atomic mass is 10.00. The molecule has 0 spiro atoms. The molecule has 1 aromatic carbocycles. The number of halogens is 2. The van der Waals surface area contributed by atoms with E-state index in [0.717, 1.165) is 18.4 Å². The number of carbonyl (C=O) groups is 1. The Bertz CT molecular complexity index is 527. The fraction of sp³-hybridized carbons (Fsp3) is 0.562. The van der Waals surface area contributed by atoms with Crippen LogP contribution in [0.4, 0.5) is 0 Å². The SMILES string of the molecule is Cc1cc(OCC(=O)NC2CC3CCC(C2)N3)ccc1Cl.Cl. The highest BCUT2D eigenvalue weighted by Crippen LogP contribution is 2.26. The second-order valence-electron chi connectivity index (χ2n) is 6.07. The predicted octanol–water partition coefficient (Wildman–Crippen LogP) is 2.85. The van der Waals surface area contributed by atoms with Gasteiger partial charge in [-0.05, 0) is 56.4 Å². The number of rotatable bonds is 4. The molecule has 1 amide bonds. The van der Waals surface area contributed by atoms with Crippen molar-refractivity contribution in [2.24, 2.45) is 0 Å². The molecule has 4 nitrogen and oxygen atoms in total. The van der Waals surface area contributed by atoms with Crippen LogP contribution in [-0.4, -0.2) is 30.6 Å². The average molecular weight is 345 g/mol. The number of aryl methyl sites for hydroxylation is 1. The number of carbonyl (C=O) groups excluding carboxylic acids is 1. The number of piperidine rings is 1. The van der Waals surface area contributed by atoms with E-state index in [0.29, 0.717) is 22.9 Å². The van der Waals surface area contributed by atoms with Crippen molar-refractivity contribution in [3.8, 4) is 5.75 Å². The van der Waals surface area contributed by atoms with E-state index in [1.165, 1.54) is 12.8 Å². The fourth-order valence-electron chi connectivity index (χ4n) is 3.30. The Hall–Kier alpha value is -0.970. The number of nitrogens with one attached hydrogen (secondary N) is 2. The predicted molar refractivity (Wildman–Crippen MR) is 90.0 cm³/mol. The molecule has 2 saturated heterocycles. The minimum atomic E-state index is -0.0473. The highest BCUT2D eigenvalue weighted by atomic mass is 35.5. The van der Waals surface area contributed by atoms with E-state index >= 15 is 0 Å². The maximum atomic E-state index is 12.0. The highest BCUT2D eigenvalue weighted by Gasteiger charge is 2.33. The summed E-state index contributed by atoms with van der Waals surface area (Å²) >= 11 is 5.96. The van der Waals surface area contributed by atoms with Crippen molar-refractivity contribution in [1.82, 2.24) is 10.6 Å². The standard InChI is InChI=1S/C16H21ClN2O2.ClH/c1-10-6-14(4-5-15(10)17)21-9-16(20)19-13-7-11-2-3-12(8-13)18-11;/h4-6,11-13,18H,2-3,7-9H2,1H3,(H,19,20);1H. The third-order valence-electron chi connectivity index (χ3n) is 4.34. The largest absolute Gasteiger partial charge is 0.484 e. The summed E-state index contributed by atoms with van der Waals surface area (Å²) in [4.78, 5) is 12.0. The quantitative estimate of drug-likeness (QED) is 0.882. The number of hydrogen-bond acceptors (Lipinski definition) is 3. The topological polar surface area (TPSA) is 50.4 Å². The third kappa shape index (κ3) is 4.28. The van der Waals surface area contributed by atoms with Crippen molar-refractivity contribution in [2.75, 3.05) is 6.61 Å². The van der Waals surface area contributed by atoms with Crippen LogP contribution in [0.15, 0.2) is 18.2 Å². The van der Waals surface area contributed by atoms with Gasteiger partial charge in [-0.1, -0.05) is 11.6 Å². The summed E-state index contributed by atoms with van der Waals surface area (Å²) in [5.41, 5.74) is 0.949. The van der Waals surface area contributed by atoms with Crippen LogP contribution in [0.2, 0.25) is 5.02 Å². The second-order valence-corrected chi connectivity index (χ2v) is 6.48. The summed E-state index contributed by atoms with van der Waals surface area (Å²) in [7, 11) is 0. The van der Waals surface area contributed by atoms with Crippen molar-refractivity contribution >= 4 is 29.9 Å². The van der Waals surface area contributed by atoms with Gasteiger partial charge < -0.3 is 15.4 Å². The van der Waals surface area contributed by atoms with Crippen LogP contribution >= 0.6 is 24.0 Å². The number of amides is 1. The smallest absolute Gasteiger partial charge is 0.258 e. The third-order valence-corrected chi connectivity index (χ3v) is 4.76. The van der Waals surface area contributed by atoms with Gasteiger partial charge in [0.2, 0.25) is 0 Å². The number of fused-ring (bicyclic) bond motifs is 2. The Morgan fingerprint density at radius 2 is 2.05 bits per heavy atom. The number of ether oxygens (including phenoxy) is 1. The molecule has 2 unspecified atom stereocenters. The van der Waals surface area contributed by atoms with Crippen LogP contribution in [0.3, 0.4) is 0 Å². The molecule has 2 fully saturated rings. The lowest BCUT2D eigenvalue weighted by Crippen LogP contribution is -2.48. The zero-order chi connectivity index (χ0) is 14.8. The van der Waals surface area contributed by atoms with Crippen LogP contribution in [-0.2, 0) is 4.79 Å². The van der Waals surface area contributed by atoms with Crippen molar-refractivity contribution in [3.05, 3.63) is 28.8 Å². The Kier molecular flexibility index (Phi) is 5.95. The molecule has 3 rings (SSSR count). The molecule has 2 N–H and O–H groups in total. The van der Waals surface area contributed by atoms with E-state index in [-0.39, 0.29) is 31.0 Å². The first-order chi connectivity index (χ1) is 10.1. The Morgan fingerprint density at radius 3 is 2.68 bits per heavy atom. The number of benzene rings is 1. The van der Waals surface area contributed by atoms with Gasteiger partial charge in [0.05, 0.1) is 0 Å². The zero-order valence-corrected chi connectivity index (χ0v) is 14.2. The Labute approximate surface area is 142 Å². The second kappa shape index (κ2) is 7.53. The molecule has 22 heavy (non-hydrogen) atoms. The van der Waals surface area contributed by atoms with Crippen LogP contribution in [0.25, 0.3) is 0 Å². The maximum Gasteiger partial charge on any atom is 0.258 e. The highest BCUT2D eigenvalue weighted by molar-refractivity contribution is 6.31. The van der Waals surface area contributed by atoms with Gasteiger partial charge in [0.1, 0.15) is 5.75 Å². The van der Waals surface area contributed by atoms with Gasteiger partial charge in [0, 0.05) is 23.1 Å². The minimum Gasteiger partial charge on any atom is -0.484 e. The van der Waals surface area contributed by atoms with Gasteiger partial charge in [-0.25, -0.2) is 0 Å². The van der Waals surface area contributed by atoms with Crippen molar-refractivity contribution in [2.45, 2.75) is 50.7 Å². The summed E-state index contributed by atoms with van der Waals surface area (Å²) in [6.07, 6.45) is 4.53. The van der Waals surface area contributed by atoms with Crippen LogP contribution in [0.5, 0.6) is 5.75 Å². The first-order valence-corrected chi connectivity index (χ1v) is 7.92. The first kappa shape index (κ1) is 17.4. The van der Waals surface area contributed by atoms with Gasteiger partial charge in [0.15, 0.2) is 6.61 Å². The molecule has 2 atom stereocenters. The number of hydrogen-bond donors (Lipinski definition) is 2. The summed E-state index contributed by atoms with van der Waals surface area (Å²) in [5, 5.41) is 7.36. The van der Waals surface area contributed by atoms with Gasteiger partial charge in [0.25, 0.3) is 5.91 Å².